The highest BCUT2D eigenvalue weighted by Gasteiger charge is 2.20. The lowest BCUT2D eigenvalue weighted by atomic mass is 10.1. The Morgan fingerprint density at radius 2 is 1.59 bits per heavy atom. The van der Waals surface area contributed by atoms with Gasteiger partial charge in [-0.2, -0.15) is 0 Å². The van der Waals surface area contributed by atoms with E-state index in [1.54, 1.807) is 39.0 Å². The van der Waals surface area contributed by atoms with Crippen molar-refractivity contribution < 1.29 is 37.0 Å². The molecule has 10 heteroatoms. The van der Waals surface area contributed by atoms with Crippen LogP contribution in [0.5, 0.6) is 11.5 Å². The minimum atomic E-state index is -0.722. The number of nitrogens with one attached hydrogen (secondary N) is 1. The molecule has 3 aromatic rings. The minimum absolute atomic E-state index is 0.114. The molecule has 0 heterocycles. The van der Waals surface area contributed by atoms with Gasteiger partial charge in [-0.05, 0) is 74.9 Å². The smallest absolute Gasteiger partial charge is 0.407 e. The van der Waals surface area contributed by atoms with E-state index >= 15 is 0 Å². The van der Waals surface area contributed by atoms with Crippen LogP contribution in [-0.2, 0) is 17.9 Å². The van der Waals surface area contributed by atoms with Crippen molar-refractivity contribution in [3.8, 4) is 11.5 Å². The molecule has 0 spiro atoms. The summed E-state index contributed by atoms with van der Waals surface area (Å²) in [5.41, 5.74) is 0.467. The fraction of sp³-hybridized carbons (Fsp3) is 0.310. The first-order valence-electron chi connectivity index (χ1n) is 12.2. The summed E-state index contributed by atoms with van der Waals surface area (Å²) in [6.07, 6.45) is -0.613. The van der Waals surface area contributed by atoms with Crippen LogP contribution in [-0.4, -0.2) is 42.7 Å². The Hall–Kier alpha value is -4.21. The molecule has 1 N–H and O–H groups in total. The molecule has 0 aliphatic heterocycles. The molecule has 0 aliphatic rings. The van der Waals surface area contributed by atoms with Crippen LogP contribution in [0.1, 0.15) is 42.3 Å². The number of hydrogen-bond acceptors (Lipinski definition) is 5. The fourth-order valence-corrected chi connectivity index (χ4v) is 3.58. The maximum atomic E-state index is 14.0. The largest absolute Gasteiger partial charge is 0.493 e. The van der Waals surface area contributed by atoms with E-state index in [1.165, 1.54) is 42.3 Å². The highest BCUT2D eigenvalue weighted by molar-refractivity contribution is 5.94. The molecule has 0 bridgehead atoms. The van der Waals surface area contributed by atoms with Crippen LogP contribution >= 0.6 is 0 Å². The molecule has 0 radical (unpaired) electrons. The predicted molar refractivity (Wildman–Crippen MR) is 139 cm³/mol. The van der Waals surface area contributed by atoms with Gasteiger partial charge in [0, 0.05) is 36.8 Å². The second-order valence-electron chi connectivity index (χ2n) is 9.67. The topological polar surface area (TPSA) is 77.1 Å². The van der Waals surface area contributed by atoms with Crippen molar-refractivity contribution in [2.24, 2.45) is 0 Å². The first-order valence-corrected chi connectivity index (χ1v) is 12.2. The summed E-state index contributed by atoms with van der Waals surface area (Å²) in [7, 11) is 1.44. The number of carbonyl (C=O) groups is 2. The molecule has 0 aromatic heterocycles. The van der Waals surface area contributed by atoms with Crippen molar-refractivity contribution >= 4 is 12.0 Å². The standard InChI is InChI=1S/C29H31F3N2O5/c1-29(2,3)39-28(36)33-13-14-34(27(35)20-6-9-22(30)10-7-20)17-19-5-12-25(26(15-19)37-4)38-18-21-8-11-23(31)16-24(21)32/h5-12,15-16H,13-14,17-18H2,1-4H3,(H,33,36). The minimum Gasteiger partial charge on any atom is -0.493 e. The van der Waals surface area contributed by atoms with Gasteiger partial charge in [0.2, 0.25) is 0 Å². The Bertz CT molecular complexity index is 1290. The van der Waals surface area contributed by atoms with Gasteiger partial charge in [0.1, 0.15) is 29.7 Å². The van der Waals surface area contributed by atoms with Gasteiger partial charge in [0.25, 0.3) is 5.91 Å². The second-order valence-corrected chi connectivity index (χ2v) is 9.67. The van der Waals surface area contributed by atoms with Crippen molar-refractivity contribution in [2.45, 2.75) is 39.5 Å². The van der Waals surface area contributed by atoms with Gasteiger partial charge in [0.05, 0.1) is 7.11 Å². The summed E-state index contributed by atoms with van der Waals surface area (Å²) in [5, 5.41) is 2.63. The number of nitrogens with zero attached hydrogens (tertiary/aromatic N) is 1. The van der Waals surface area contributed by atoms with Crippen molar-refractivity contribution in [3.63, 3.8) is 0 Å². The van der Waals surface area contributed by atoms with Gasteiger partial charge in [-0.3, -0.25) is 4.79 Å². The summed E-state index contributed by atoms with van der Waals surface area (Å²) in [4.78, 5) is 26.8. The molecule has 2 amide bonds. The maximum absolute atomic E-state index is 14.0. The lowest BCUT2D eigenvalue weighted by Gasteiger charge is -2.25. The SMILES string of the molecule is COc1cc(CN(CCNC(=O)OC(C)(C)C)C(=O)c2ccc(F)cc2)ccc1OCc1ccc(F)cc1F. The lowest BCUT2D eigenvalue weighted by molar-refractivity contribution is 0.0512. The Morgan fingerprint density at radius 3 is 2.23 bits per heavy atom. The summed E-state index contributed by atoms with van der Waals surface area (Å²) >= 11 is 0. The number of benzene rings is 3. The van der Waals surface area contributed by atoms with Gasteiger partial charge < -0.3 is 24.4 Å². The average Bonchev–Trinajstić information content (AvgIpc) is 2.87. The van der Waals surface area contributed by atoms with Crippen molar-refractivity contribution in [2.75, 3.05) is 20.2 Å². The number of rotatable bonds is 10. The van der Waals surface area contributed by atoms with Crippen molar-refractivity contribution in [1.82, 2.24) is 10.2 Å². The molecule has 208 valence electrons. The molecule has 0 saturated heterocycles. The third-order valence-corrected chi connectivity index (χ3v) is 5.43. The van der Waals surface area contributed by atoms with Crippen LogP contribution in [0.15, 0.2) is 60.7 Å². The van der Waals surface area contributed by atoms with Crippen molar-refractivity contribution in [1.29, 1.82) is 0 Å². The van der Waals surface area contributed by atoms with E-state index in [0.29, 0.717) is 17.1 Å². The lowest BCUT2D eigenvalue weighted by Crippen LogP contribution is -2.40. The Kier molecular flexibility index (Phi) is 9.81. The molecule has 3 rings (SSSR count). The number of carbonyl (C=O) groups excluding carboxylic acids is 2. The second kappa shape index (κ2) is 13.0. The number of hydrogen-bond donors (Lipinski definition) is 1. The Labute approximate surface area is 225 Å². The fourth-order valence-electron chi connectivity index (χ4n) is 3.58. The summed E-state index contributed by atoms with van der Waals surface area (Å²) in [6.45, 7) is 5.47. The van der Waals surface area contributed by atoms with E-state index in [0.717, 1.165) is 12.1 Å². The molecular weight excluding hydrogens is 513 g/mol. The molecule has 39 heavy (non-hydrogen) atoms. The third-order valence-electron chi connectivity index (χ3n) is 5.43. The number of halogens is 3. The zero-order chi connectivity index (χ0) is 28.6. The van der Waals surface area contributed by atoms with Gasteiger partial charge in [-0.15, -0.1) is 0 Å². The first-order chi connectivity index (χ1) is 18.4. The zero-order valence-electron chi connectivity index (χ0n) is 22.2. The van der Waals surface area contributed by atoms with Crippen LogP contribution < -0.4 is 14.8 Å². The van der Waals surface area contributed by atoms with Crippen LogP contribution in [0.3, 0.4) is 0 Å². The summed E-state index contributed by atoms with van der Waals surface area (Å²) in [6, 6.07) is 13.4. The number of ether oxygens (including phenoxy) is 3. The molecule has 7 nitrogen and oxygen atoms in total. The van der Waals surface area contributed by atoms with Crippen LogP contribution in [0.25, 0.3) is 0 Å². The monoisotopic (exact) mass is 544 g/mol. The van der Waals surface area contributed by atoms with E-state index in [1.807, 2.05) is 0 Å². The molecule has 0 saturated carbocycles. The molecule has 0 fully saturated rings. The molecule has 3 aromatic carbocycles. The van der Waals surface area contributed by atoms with E-state index < -0.39 is 29.1 Å². The van der Waals surface area contributed by atoms with Crippen LogP contribution in [0.4, 0.5) is 18.0 Å². The average molecular weight is 545 g/mol. The summed E-state index contributed by atoms with van der Waals surface area (Å²) in [5.74, 6) is -1.57. The van der Waals surface area contributed by atoms with Gasteiger partial charge in [0.15, 0.2) is 11.5 Å². The third kappa shape index (κ3) is 8.94. The van der Waals surface area contributed by atoms with Gasteiger partial charge in [-0.1, -0.05) is 6.07 Å². The normalized spacial score (nSPS) is 11.1. The zero-order valence-corrected chi connectivity index (χ0v) is 22.2. The highest BCUT2D eigenvalue weighted by Crippen LogP contribution is 2.30. The molecule has 0 atom stereocenters. The van der Waals surface area contributed by atoms with Crippen LogP contribution in [0.2, 0.25) is 0 Å². The first kappa shape index (κ1) is 29.3. The number of methoxy groups -OCH3 is 1. The quantitative estimate of drug-likeness (QED) is 0.346. The molecule has 0 unspecified atom stereocenters. The van der Waals surface area contributed by atoms with Gasteiger partial charge >= 0.3 is 6.09 Å². The van der Waals surface area contributed by atoms with E-state index in [-0.39, 0.29) is 43.3 Å². The van der Waals surface area contributed by atoms with Crippen LogP contribution in [0, 0.1) is 17.5 Å². The Balaban J connectivity index is 1.74. The maximum Gasteiger partial charge on any atom is 0.407 e. The summed E-state index contributed by atoms with van der Waals surface area (Å²) < 4.78 is 56.9. The number of alkyl carbamates (subject to hydrolysis) is 1. The van der Waals surface area contributed by atoms with Gasteiger partial charge in [-0.25, -0.2) is 18.0 Å². The molecular formula is C29H31F3N2O5. The molecule has 0 aliphatic carbocycles. The predicted octanol–water partition coefficient (Wildman–Crippen LogP) is 5.86. The van der Waals surface area contributed by atoms with E-state index in [4.69, 9.17) is 14.2 Å². The van der Waals surface area contributed by atoms with E-state index in [2.05, 4.69) is 5.32 Å². The number of amides is 2. The highest BCUT2D eigenvalue weighted by atomic mass is 19.1. The van der Waals surface area contributed by atoms with Crippen molar-refractivity contribution in [3.05, 3.63) is 94.8 Å². The van der Waals surface area contributed by atoms with E-state index in [9.17, 15) is 22.8 Å². The Morgan fingerprint density at radius 1 is 0.897 bits per heavy atom.